The average molecular weight is 245 g/mol. The van der Waals surface area contributed by atoms with Gasteiger partial charge < -0.3 is 15.0 Å². The van der Waals surface area contributed by atoms with E-state index in [1.54, 1.807) is 0 Å². The van der Waals surface area contributed by atoms with E-state index in [2.05, 4.69) is 14.9 Å². The summed E-state index contributed by atoms with van der Waals surface area (Å²) in [6.07, 6.45) is 1.37. The molecule has 0 spiro atoms. The van der Waals surface area contributed by atoms with Crippen LogP contribution in [0.25, 0.3) is 11.0 Å². The number of hydrogen-bond acceptors (Lipinski definition) is 3. The number of para-hydroxylation sites is 2. The number of imidazole rings is 1. The van der Waals surface area contributed by atoms with Crippen molar-refractivity contribution in [3.05, 3.63) is 24.3 Å². The number of carboxylic acid groups (broad SMARTS) is 1. The number of fused-ring (bicyclic) bond motifs is 1. The zero-order valence-electron chi connectivity index (χ0n) is 9.97. The van der Waals surface area contributed by atoms with Gasteiger partial charge in [0.25, 0.3) is 0 Å². The molecule has 1 aliphatic heterocycles. The van der Waals surface area contributed by atoms with E-state index >= 15 is 0 Å². The van der Waals surface area contributed by atoms with Crippen LogP contribution in [0.1, 0.15) is 12.8 Å². The number of H-pyrrole nitrogens is 1. The van der Waals surface area contributed by atoms with E-state index in [0.29, 0.717) is 12.8 Å². The highest BCUT2D eigenvalue weighted by Gasteiger charge is 2.25. The van der Waals surface area contributed by atoms with Crippen molar-refractivity contribution in [2.45, 2.75) is 12.8 Å². The molecular formula is C13H15N3O2. The van der Waals surface area contributed by atoms with Gasteiger partial charge in [-0.2, -0.15) is 0 Å². The first kappa shape index (κ1) is 11.1. The van der Waals surface area contributed by atoms with Crippen LogP contribution in [0.4, 0.5) is 5.95 Å². The molecule has 0 radical (unpaired) electrons. The lowest BCUT2D eigenvalue weighted by molar-refractivity contribution is -0.142. The van der Waals surface area contributed by atoms with Crippen molar-refractivity contribution < 1.29 is 9.90 Å². The number of aromatic nitrogens is 2. The number of nitrogens with zero attached hydrogens (tertiary/aromatic N) is 2. The van der Waals surface area contributed by atoms with Crippen LogP contribution in [0.5, 0.6) is 0 Å². The van der Waals surface area contributed by atoms with Crippen LogP contribution in [0.15, 0.2) is 24.3 Å². The number of aromatic amines is 1. The number of aliphatic carboxylic acids is 1. The fraction of sp³-hybridized carbons (Fsp3) is 0.385. The third-order valence-electron chi connectivity index (χ3n) is 3.52. The molecule has 0 bridgehead atoms. The molecule has 0 saturated carbocycles. The second-order valence-corrected chi connectivity index (χ2v) is 4.68. The lowest BCUT2D eigenvalue weighted by Gasteiger charge is -2.29. The molecule has 1 aromatic carbocycles. The van der Waals surface area contributed by atoms with Crippen LogP contribution in [-0.2, 0) is 4.79 Å². The van der Waals surface area contributed by atoms with E-state index in [9.17, 15) is 4.79 Å². The fourth-order valence-corrected chi connectivity index (χ4v) is 2.43. The van der Waals surface area contributed by atoms with Crippen LogP contribution in [0.3, 0.4) is 0 Å². The second kappa shape index (κ2) is 4.33. The Bertz CT molecular complexity index is 537. The molecule has 5 heteroatoms. The second-order valence-electron chi connectivity index (χ2n) is 4.68. The highest BCUT2D eigenvalue weighted by atomic mass is 16.4. The Labute approximate surface area is 104 Å². The van der Waals surface area contributed by atoms with E-state index < -0.39 is 5.97 Å². The molecule has 0 aliphatic carbocycles. The van der Waals surface area contributed by atoms with Gasteiger partial charge in [-0.05, 0) is 25.0 Å². The van der Waals surface area contributed by atoms with Gasteiger partial charge in [0.05, 0.1) is 17.0 Å². The normalized spacial score (nSPS) is 17.2. The quantitative estimate of drug-likeness (QED) is 0.847. The third kappa shape index (κ3) is 1.92. The summed E-state index contributed by atoms with van der Waals surface area (Å²) in [5.74, 6) is -0.0371. The van der Waals surface area contributed by atoms with E-state index in [4.69, 9.17) is 5.11 Å². The van der Waals surface area contributed by atoms with Crippen molar-refractivity contribution in [3.8, 4) is 0 Å². The summed E-state index contributed by atoms with van der Waals surface area (Å²) in [6, 6.07) is 7.90. The SMILES string of the molecule is O=C(O)C1CCN(c2nc3ccccc3[nH]2)CC1. The average Bonchev–Trinajstić information content (AvgIpc) is 2.82. The molecule has 3 rings (SSSR count). The molecule has 5 nitrogen and oxygen atoms in total. The third-order valence-corrected chi connectivity index (χ3v) is 3.52. The van der Waals surface area contributed by atoms with Crippen molar-refractivity contribution in [2.24, 2.45) is 5.92 Å². The number of benzene rings is 1. The number of anilines is 1. The minimum atomic E-state index is -0.681. The number of hydrogen-bond donors (Lipinski definition) is 2. The lowest BCUT2D eigenvalue weighted by Crippen LogP contribution is -2.36. The van der Waals surface area contributed by atoms with Gasteiger partial charge in [0, 0.05) is 13.1 Å². The van der Waals surface area contributed by atoms with Crippen molar-refractivity contribution in [1.29, 1.82) is 0 Å². The lowest BCUT2D eigenvalue weighted by atomic mass is 9.97. The van der Waals surface area contributed by atoms with Crippen molar-refractivity contribution in [2.75, 3.05) is 18.0 Å². The molecule has 1 aromatic heterocycles. The summed E-state index contributed by atoms with van der Waals surface area (Å²) in [5, 5.41) is 8.97. The van der Waals surface area contributed by atoms with Gasteiger partial charge in [0.1, 0.15) is 0 Å². The molecule has 1 saturated heterocycles. The fourth-order valence-electron chi connectivity index (χ4n) is 2.43. The molecule has 0 atom stereocenters. The van der Waals surface area contributed by atoms with E-state index in [-0.39, 0.29) is 5.92 Å². The minimum Gasteiger partial charge on any atom is -0.481 e. The predicted molar refractivity (Wildman–Crippen MR) is 68.7 cm³/mol. The van der Waals surface area contributed by atoms with Gasteiger partial charge in [-0.1, -0.05) is 12.1 Å². The maximum absolute atomic E-state index is 10.9. The van der Waals surface area contributed by atoms with Crippen LogP contribution in [0, 0.1) is 5.92 Å². The molecule has 2 heterocycles. The number of piperidine rings is 1. The zero-order valence-corrected chi connectivity index (χ0v) is 9.97. The topological polar surface area (TPSA) is 69.2 Å². The molecule has 0 amide bonds. The van der Waals surface area contributed by atoms with Gasteiger partial charge in [-0.15, -0.1) is 0 Å². The Kier molecular flexibility index (Phi) is 2.66. The van der Waals surface area contributed by atoms with Gasteiger partial charge in [-0.3, -0.25) is 4.79 Å². The van der Waals surface area contributed by atoms with E-state index in [0.717, 1.165) is 30.1 Å². The first-order valence-electron chi connectivity index (χ1n) is 6.16. The van der Waals surface area contributed by atoms with E-state index in [1.165, 1.54) is 0 Å². The standard InChI is InChI=1S/C13H15N3O2/c17-12(18)9-5-7-16(8-6-9)13-14-10-3-1-2-4-11(10)15-13/h1-4,9H,5-8H2,(H,14,15)(H,17,18). The summed E-state index contributed by atoms with van der Waals surface area (Å²) in [7, 11) is 0. The van der Waals surface area contributed by atoms with Crippen molar-refractivity contribution in [1.82, 2.24) is 9.97 Å². The minimum absolute atomic E-state index is 0.203. The monoisotopic (exact) mass is 245 g/mol. The Morgan fingerprint density at radius 3 is 2.72 bits per heavy atom. The van der Waals surface area contributed by atoms with Crippen LogP contribution >= 0.6 is 0 Å². The number of rotatable bonds is 2. The van der Waals surface area contributed by atoms with Crippen LogP contribution < -0.4 is 4.90 Å². The Balaban J connectivity index is 1.78. The largest absolute Gasteiger partial charge is 0.481 e. The first-order valence-corrected chi connectivity index (χ1v) is 6.16. The molecule has 2 aromatic rings. The molecule has 18 heavy (non-hydrogen) atoms. The van der Waals surface area contributed by atoms with Gasteiger partial charge in [0.2, 0.25) is 5.95 Å². The van der Waals surface area contributed by atoms with Gasteiger partial charge in [0.15, 0.2) is 0 Å². The molecule has 1 fully saturated rings. The highest BCUT2D eigenvalue weighted by Crippen LogP contribution is 2.23. The molecule has 94 valence electrons. The smallest absolute Gasteiger partial charge is 0.306 e. The van der Waals surface area contributed by atoms with Gasteiger partial charge >= 0.3 is 5.97 Å². The Morgan fingerprint density at radius 2 is 2.06 bits per heavy atom. The van der Waals surface area contributed by atoms with Crippen LogP contribution in [0.2, 0.25) is 0 Å². The highest BCUT2D eigenvalue weighted by molar-refractivity contribution is 5.77. The number of carboxylic acids is 1. The Hall–Kier alpha value is -2.04. The van der Waals surface area contributed by atoms with Crippen LogP contribution in [-0.4, -0.2) is 34.1 Å². The van der Waals surface area contributed by atoms with E-state index in [1.807, 2.05) is 24.3 Å². The summed E-state index contributed by atoms with van der Waals surface area (Å²) in [5.41, 5.74) is 1.97. The maximum Gasteiger partial charge on any atom is 0.306 e. The predicted octanol–water partition coefficient (Wildman–Crippen LogP) is 1.86. The van der Waals surface area contributed by atoms with Crippen molar-refractivity contribution >= 4 is 23.0 Å². The Morgan fingerprint density at radius 1 is 1.33 bits per heavy atom. The van der Waals surface area contributed by atoms with Gasteiger partial charge in [-0.25, -0.2) is 4.98 Å². The summed E-state index contributed by atoms with van der Waals surface area (Å²) in [4.78, 5) is 20.8. The number of carbonyl (C=O) groups is 1. The summed E-state index contributed by atoms with van der Waals surface area (Å²) < 4.78 is 0. The molecule has 1 aliphatic rings. The first-order chi connectivity index (χ1) is 8.74. The summed E-state index contributed by atoms with van der Waals surface area (Å²) in [6.45, 7) is 1.49. The zero-order chi connectivity index (χ0) is 12.5. The van der Waals surface area contributed by atoms with Crippen molar-refractivity contribution in [3.63, 3.8) is 0 Å². The molecule has 0 unspecified atom stereocenters. The molecular weight excluding hydrogens is 230 g/mol. The number of nitrogens with one attached hydrogen (secondary N) is 1. The maximum atomic E-state index is 10.9. The molecule has 2 N–H and O–H groups in total. The summed E-state index contributed by atoms with van der Waals surface area (Å²) >= 11 is 0.